The SMILES string of the molecule is CCn1c(SCC(=O)N2CCN(c3cccc(Cl)c3)CC2)nc2ccsc2c1=O. The van der Waals surface area contributed by atoms with E-state index in [0.29, 0.717) is 35.0 Å². The number of carbonyl (C=O) groups is 1. The fraction of sp³-hybridized carbons (Fsp3) is 0.350. The number of nitrogens with zero attached hydrogens (tertiary/aromatic N) is 4. The summed E-state index contributed by atoms with van der Waals surface area (Å²) >= 11 is 8.83. The molecule has 0 radical (unpaired) electrons. The molecule has 1 aliphatic heterocycles. The first kappa shape index (κ1) is 20.3. The first-order chi connectivity index (χ1) is 14.1. The first-order valence-electron chi connectivity index (χ1n) is 9.46. The molecule has 3 heterocycles. The van der Waals surface area contributed by atoms with Gasteiger partial charge >= 0.3 is 0 Å². The zero-order valence-corrected chi connectivity index (χ0v) is 18.4. The normalized spacial score (nSPS) is 14.6. The molecule has 0 spiro atoms. The van der Waals surface area contributed by atoms with Crippen molar-refractivity contribution in [3.05, 3.63) is 51.1 Å². The van der Waals surface area contributed by atoms with Crippen molar-refractivity contribution in [2.75, 3.05) is 36.8 Å². The van der Waals surface area contributed by atoms with Crippen LogP contribution in [0.5, 0.6) is 0 Å². The summed E-state index contributed by atoms with van der Waals surface area (Å²) in [5.74, 6) is 0.349. The van der Waals surface area contributed by atoms with Gasteiger partial charge in [0, 0.05) is 43.4 Å². The minimum atomic E-state index is -0.0300. The first-order valence-corrected chi connectivity index (χ1v) is 11.7. The van der Waals surface area contributed by atoms with Crippen molar-refractivity contribution in [3.63, 3.8) is 0 Å². The molecule has 9 heteroatoms. The number of halogens is 1. The Kier molecular flexibility index (Phi) is 6.12. The van der Waals surface area contributed by atoms with Gasteiger partial charge in [-0.3, -0.25) is 14.2 Å². The Hall–Kier alpha value is -2.03. The summed E-state index contributed by atoms with van der Waals surface area (Å²) in [4.78, 5) is 34.0. The standard InChI is InChI=1S/C20H21ClN4O2S2/c1-2-25-19(27)18-16(6-11-28-18)22-20(25)29-13-17(26)24-9-7-23(8-10-24)15-5-3-4-14(21)12-15/h3-6,11-12H,2,7-10,13H2,1H3. The second-order valence-corrected chi connectivity index (χ2v) is 9.01. The quantitative estimate of drug-likeness (QED) is 0.441. The number of hydrogen-bond acceptors (Lipinski definition) is 6. The van der Waals surface area contributed by atoms with Gasteiger partial charge in [0.2, 0.25) is 5.91 Å². The third kappa shape index (κ3) is 4.29. The van der Waals surface area contributed by atoms with Crippen molar-refractivity contribution in [2.45, 2.75) is 18.6 Å². The van der Waals surface area contributed by atoms with E-state index in [-0.39, 0.29) is 17.2 Å². The number of carbonyl (C=O) groups excluding carboxylic acids is 1. The highest BCUT2D eigenvalue weighted by Gasteiger charge is 2.22. The van der Waals surface area contributed by atoms with Crippen LogP contribution in [-0.2, 0) is 11.3 Å². The molecule has 4 rings (SSSR count). The van der Waals surface area contributed by atoms with Gasteiger partial charge in [0.05, 0.1) is 11.3 Å². The van der Waals surface area contributed by atoms with E-state index in [2.05, 4.69) is 9.88 Å². The van der Waals surface area contributed by atoms with Crippen molar-refractivity contribution in [2.24, 2.45) is 0 Å². The topological polar surface area (TPSA) is 58.4 Å². The molecule has 29 heavy (non-hydrogen) atoms. The van der Waals surface area contributed by atoms with Gasteiger partial charge < -0.3 is 9.80 Å². The van der Waals surface area contributed by atoms with Crippen LogP contribution in [0.2, 0.25) is 5.02 Å². The molecular formula is C20H21ClN4O2S2. The summed E-state index contributed by atoms with van der Waals surface area (Å²) in [6.45, 7) is 5.34. The lowest BCUT2D eigenvalue weighted by molar-refractivity contribution is -0.128. The van der Waals surface area contributed by atoms with Gasteiger partial charge in [-0.2, -0.15) is 0 Å². The van der Waals surface area contributed by atoms with E-state index in [1.807, 2.05) is 47.5 Å². The monoisotopic (exact) mass is 448 g/mol. The number of aromatic nitrogens is 2. The number of rotatable bonds is 5. The molecule has 0 N–H and O–H groups in total. The van der Waals surface area contributed by atoms with Gasteiger partial charge in [0.15, 0.2) is 5.16 Å². The number of amides is 1. The number of hydrogen-bond donors (Lipinski definition) is 0. The van der Waals surface area contributed by atoms with E-state index in [0.717, 1.165) is 23.8 Å². The zero-order chi connectivity index (χ0) is 20.4. The maximum absolute atomic E-state index is 12.7. The van der Waals surface area contributed by atoms with Crippen molar-refractivity contribution < 1.29 is 4.79 Å². The molecule has 1 aromatic carbocycles. The average Bonchev–Trinajstić information content (AvgIpc) is 3.21. The molecule has 1 amide bonds. The average molecular weight is 449 g/mol. The molecule has 6 nitrogen and oxygen atoms in total. The Morgan fingerprint density at radius 3 is 2.76 bits per heavy atom. The van der Waals surface area contributed by atoms with Crippen molar-refractivity contribution in [1.82, 2.24) is 14.5 Å². The highest BCUT2D eigenvalue weighted by molar-refractivity contribution is 7.99. The Morgan fingerprint density at radius 2 is 2.03 bits per heavy atom. The summed E-state index contributed by atoms with van der Waals surface area (Å²) < 4.78 is 2.31. The minimum Gasteiger partial charge on any atom is -0.368 e. The molecule has 0 unspecified atom stereocenters. The van der Waals surface area contributed by atoms with E-state index in [1.165, 1.54) is 23.1 Å². The molecule has 152 valence electrons. The van der Waals surface area contributed by atoms with Gasteiger partial charge in [0.1, 0.15) is 4.70 Å². The summed E-state index contributed by atoms with van der Waals surface area (Å²) in [5, 5.41) is 3.20. The van der Waals surface area contributed by atoms with Gasteiger partial charge in [0.25, 0.3) is 5.56 Å². The van der Waals surface area contributed by atoms with E-state index < -0.39 is 0 Å². The van der Waals surface area contributed by atoms with Crippen LogP contribution in [0.4, 0.5) is 5.69 Å². The fourth-order valence-electron chi connectivity index (χ4n) is 3.42. The second kappa shape index (κ2) is 8.77. The van der Waals surface area contributed by atoms with Crippen molar-refractivity contribution in [3.8, 4) is 0 Å². The molecule has 1 saturated heterocycles. The number of fused-ring (bicyclic) bond motifs is 1. The van der Waals surface area contributed by atoms with Gasteiger partial charge in [-0.05, 0) is 36.6 Å². The van der Waals surface area contributed by atoms with E-state index in [4.69, 9.17) is 11.6 Å². The Balaban J connectivity index is 1.38. The van der Waals surface area contributed by atoms with Crippen molar-refractivity contribution >= 4 is 56.5 Å². The molecule has 1 fully saturated rings. The highest BCUT2D eigenvalue weighted by Crippen LogP contribution is 2.23. The van der Waals surface area contributed by atoms with Crippen LogP contribution in [0.3, 0.4) is 0 Å². The number of thiophene rings is 1. The smallest absolute Gasteiger partial charge is 0.272 e. The third-order valence-electron chi connectivity index (χ3n) is 4.98. The lowest BCUT2D eigenvalue weighted by Crippen LogP contribution is -2.49. The maximum atomic E-state index is 12.7. The van der Waals surface area contributed by atoms with E-state index in [1.54, 1.807) is 4.57 Å². The van der Waals surface area contributed by atoms with Crippen LogP contribution in [0.25, 0.3) is 10.2 Å². The minimum absolute atomic E-state index is 0.0300. The lowest BCUT2D eigenvalue weighted by Gasteiger charge is -2.36. The van der Waals surface area contributed by atoms with Gasteiger partial charge in [-0.15, -0.1) is 11.3 Å². The van der Waals surface area contributed by atoms with Gasteiger partial charge in [-0.25, -0.2) is 4.98 Å². The maximum Gasteiger partial charge on any atom is 0.272 e. The van der Waals surface area contributed by atoms with Crippen LogP contribution < -0.4 is 10.5 Å². The largest absolute Gasteiger partial charge is 0.368 e. The van der Waals surface area contributed by atoms with Crippen LogP contribution in [0, 0.1) is 0 Å². The van der Waals surface area contributed by atoms with Crippen LogP contribution in [-0.4, -0.2) is 52.3 Å². The lowest BCUT2D eigenvalue weighted by atomic mass is 10.2. The third-order valence-corrected chi connectivity index (χ3v) is 7.07. The Morgan fingerprint density at radius 1 is 1.24 bits per heavy atom. The van der Waals surface area contributed by atoms with Crippen molar-refractivity contribution in [1.29, 1.82) is 0 Å². The second-order valence-electron chi connectivity index (χ2n) is 6.72. The number of benzene rings is 1. The summed E-state index contributed by atoms with van der Waals surface area (Å²) in [7, 11) is 0. The molecule has 0 aliphatic carbocycles. The van der Waals surface area contributed by atoms with E-state index >= 15 is 0 Å². The summed E-state index contributed by atoms with van der Waals surface area (Å²) in [6, 6.07) is 9.64. The predicted octanol–water partition coefficient (Wildman–Crippen LogP) is 3.57. The molecule has 0 atom stereocenters. The van der Waals surface area contributed by atoms with Gasteiger partial charge in [-0.1, -0.05) is 29.4 Å². The van der Waals surface area contributed by atoms with E-state index in [9.17, 15) is 9.59 Å². The molecule has 1 aliphatic rings. The van der Waals surface area contributed by atoms with Crippen LogP contribution >= 0.6 is 34.7 Å². The molecule has 0 saturated carbocycles. The number of piperazine rings is 1. The number of anilines is 1. The summed E-state index contributed by atoms with van der Waals surface area (Å²) in [6.07, 6.45) is 0. The Bertz CT molecular complexity index is 1090. The molecular weight excluding hydrogens is 428 g/mol. The summed E-state index contributed by atoms with van der Waals surface area (Å²) in [5.41, 5.74) is 1.76. The highest BCUT2D eigenvalue weighted by atomic mass is 35.5. The van der Waals surface area contributed by atoms with Crippen LogP contribution in [0.1, 0.15) is 6.92 Å². The zero-order valence-electron chi connectivity index (χ0n) is 16.0. The predicted molar refractivity (Wildman–Crippen MR) is 121 cm³/mol. The van der Waals surface area contributed by atoms with Crippen LogP contribution in [0.15, 0.2) is 45.7 Å². The molecule has 2 aromatic heterocycles. The molecule has 0 bridgehead atoms. The fourth-order valence-corrected chi connectivity index (χ4v) is 5.35. The Labute approximate surface area is 182 Å². The number of thioether (sulfide) groups is 1. The molecule has 3 aromatic rings.